The van der Waals surface area contributed by atoms with Crippen LogP contribution >= 0.6 is 23.5 Å². The molecule has 6 heteroatoms. The van der Waals surface area contributed by atoms with E-state index in [1.807, 2.05) is 11.8 Å². The van der Waals surface area contributed by atoms with Crippen molar-refractivity contribution in [2.75, 3.05) is 16.8 Å². The van der Waals surface area contributed by atoms with Gasteiger partial charge in [-0.05, 0) is 65.5 Å². The molecule has 4 rings (SSSR count). The highest BCUT2D eigenvalue weighted by Gasteiger charge is 2.31. The standard InChI is InChI=1S/C30H37N3OS2/c1-6-35-27-16-21(5)31-29(36-7-2)28(27)32-30(34)33(19-22-12-14-23(15-13-22)20(3)4)26-17-24-10-8-9-11-25(24)18-26/h8-16,20,26H,6-7,17-19H2,1-5H3,(H,32,34). The van der Waals surface area contributed by atoms with Crippen molar-refractivity contribution >= 4 is 35.2 Å². The highest BCUT2D eigenvalue weighted by atomic mass is 32.2. The molecular weight excluding hydrogens is 482 g/mol. The molecule has 0 saturated heterocycles. The SMILES string of the molecule is CCSc1cc(C)nc(SCC)c1NC(=O)N(Cc1ccc(C(C)C)cc1)C1Cc2ccccc2C1. The van der Waals surface area contributed by atoms with Crippen LogP contribution in [0.1, 0.15) is 61.6 Å². The second kappa shape index (κ2) is 12.2. The number of aryl methyl sites for hydroxylation is 1. The number of hydrogen-bond acceptors (Lipinski definition) is 4. The van der Waals surface area contributed by atoms with Crippen molar-refractivity contribution in [3.8, 4) is 0 Å². The van der Waals surface area contributed by atoms with E-state index in [0.717, 1.165) is 51.2 Å². The van der Waals surface area contributed by atoms with E-state index in [0.29, 0.717) is 12.5 Å². The number of thioether (sulfide) groups is 2. The number of pyridine rings is 1. The molecule has 0 spiro atoms. The molecule has 0 fully saturated rings. The Morgan fingerprint density at radius 2 is 1.67 bits per heavy atom. The minimum absolute atomic E-state index is 0.0534. The zero-order valence-electron chi connectivity index (χ0n) is 22.0. The molecule has 1 aliphatic rings. The van der Waals surface area contributed by atoms with Crippen molar-refractivity contribution in [3.05, 3.63) is 82.5 Å². The summed E-state index contributed by atoms with van der Waals surface area (Å²) < 4.78 is 0. The van der Waals surface area contributed by atoms with Crippen molar-refractivity contribution in [1.82, 2.24) is 9.88 Å². The van der Waals surface area contributed by atoms with E-state index in [9.17, 15) is 4.79 Å². The van der Waals surface area contributed by atoms with E-state index in [4.69, 9.17) is 4.98 Å². The van der Waals surface area contributed by atoms with Crippen LogP contribution in [0.25, 0.3) is 0 Å². The molecule has 4 nitrogen and oxygen atoms in total. The minimum Gasteiger partial charge on any atom is -0.317 e. The van der Waals surface area contributed by atoms with Crippen molar-refractivity contribution in [3.63, 3.8) is 0 Å². The lowest BCUT2D eigenvalue weighted by Crippen LogP contribution is -2.43. The van der Waals surface area contributed by atoms with Crippen LogP contribution < -0.4 is 5.32 Å². The normalized spacial score (nSPS) is 13.2. The lowest BCUT2D eigenvalue weighted by molar-refractivity contribution is 0.185. The average molecular weight is 520 g/mol. The molecule has 36 heavy (non-hydrogen) atoms. The topological polar surface area (TPSA) is 45.2 Å². The van der Waals surface area contributed by atoms with Crippen molar-refractivity contribution in [1.29, 1.82) is 0 Å². The van der Waals surface area contributed by atoms with E-state index < -0.39 is 0 Å². The third-order valence-electron chi connectivity index (χ3n) is 6.62. The average Bonchev–Trinajstić information content (AvgIpc) is 3.29. The smallest absolute Gasteiger partial charge is 0.317 e. The van der Waals surface area contributed by atoms with Gasteiger partial charge in [0.15, 0.2) is 0 Å². The molecule has 0 saturated carbocycles. The number of amides is 2. The first-order chi connectivity index (χ1) is 17.4. The van der Waals surface area contributed by atoms with E-state index in [1.165, 1.54) is 16.7 Å². The lowest BCUT2D eigenvalue weighted by atomic mass is 10.0. The summed E-state index contributed by atoms with van der Waals surface area (Å²) >= 11 is 3.44. The molecule has 1 N–H and O–H groups in total. The lowest BCUT2D eigenvalue weighted by Gasteiger charge is -2.30. The summed E-state index contributed by atoms with van der Waals surface area (Å²) in [5.41, 5.74) is 6.98. The molecular formula is C30H37N3OS2. The maximum atomic E-state index is 14.0. The number of fused-ring (bicyclic) bond motifs is 1. The molecule has 2 aromatic carbocycles. The third-order valence-corrected chi connectivity index (χ3v) is 8.40. The zero-order valence-corrected chi connectivity index (χ0v) is 23.6. The summed E-state index contributed by atoms with van der Waals surface area (Å²) in [6.45, 7) is 11.3. The van der Waals surface area contributed by atoms with Gasteiger partial charge < -0.3 is 10.2 Å². The molecule has 0 unspecified atom stereocenters. The van der Waals surface area contributed by atoms with E-state index in [-0.39, 0.29) is 12.1 Å². The first-order valence-corrected chi connectivity index (χ1v) is 14.9. The van der Waals surface area contributed by atoms with Gasteiger partial charge in [-0.2, -0.15) is 0 Å². The van der Waals surface area contributed by atoms with Crippen molar-refractivity contribution in [2.45, 2.75) is 75.9 Å². The maximum absolute atomic E-state index is 14.0. The van der Waals surface area contributed by atoms with Gasteiger partial charge in [-0.1, -0.05) is 76.2 Å². The highest BCUT2D eigenvalue weighted by Crippen LogP contribution is 2.36. The summed E-state index contributed by atoms with van der Waals surface area (Å²) in [6, 6.07) is 19.4. The van der Waals surface area contributed by atoms with E-state index in [1.54, 1.807) is 23.5 Å². The number of anilines is 1. The fraction of sp³-hybridized carbons (Fsp3) is 0.400. The maximum Gasteiger partial charge on any atom is 0.322 e. The molecule has 3 aromatic rings. The molecule has 2 amide bonds. The summed E-state index contributed by atoms with van der Waals surface area (Å²) in [7, 11) is 0. The first kappa shape index (κ1) is 26.6. The zero-order chi connectivity index (χ0) is 25.7. The van der Waals surface area contributed by atoms with Gasteiger partial charge in [-0.3, -0.25) is 0 Å². The Balaban J connectivity index is 1.65. The van der Waals surface area contributed by atoms with Crippen LogP contribution in [0.2, 0.25) is 0 Å². The molecule has 0 aliphatic heterocycles. The predicted molar refractivity (Wildman–Crippen MR) is 155 cm³/mol. The largest absolute Gasteiger partial charge is 0.322 e. The number of rotatable bonds is 9. The molecule has 0 atom stereocenters. The number of nitrogens with zero attached hydrogens (tertiary/aromatic N) is 2. The van der Waals surface area contributed by atoms with Gasteiger partial charge in [0.1, 0.15) is 5.03 Å². The second-order valence-corrected chi connectivity index (χ2v) is 12.2. The Hall–Kier alpha value is -2.44. The number of carbonyl (C=O) groups is 1. The van der Waals surface area contributed by atoms with Gasteiger partial charge in [0.05, 0.1) is 5.69 Å². The highest BCUT2D eigenvalue weighted by molar-refractivity contribution is 8.00. The molecule has 0 radical (unpaired) electrons. The van der Waals surface area contributed by atoms with Crippen LogP contribution in [-0.4, -0.2) is 33.5 Å². The Labute approximate surface area is 224 Å². The van der Waals surface area contributed by atoms with Crippen LogP contribution in [0.15, 0.2) is 64.5 Å². The van der Waals surface area contributed by atoms with Crippen molar-refractivity contribution < 1.29 is 4.79 Å². The number of benzene rings is 2. The predicted octanol–water partition coefficient (Wildman–Crippen LogP) is 7.94. The summed E-state index contributed by atoms with van der Waals surface area (Å²) in [6.07, 6.45) is 1.76. The molecule has 190 valence electrons. The van der Waals surface area contributed by atoms with Crippen LogP contribution in [-0.2, 0) is 19.4 Å². The summed E-state index contributed by atoms with van der Waals surface area (Å²) in [5.74, 6) is 2.33. The van der Waals surface area contributed by atoms with Gasteiger partial charge in [0.2, 0.25) is 0 Å². The summed E-state index contributed by atoms with van der Waals surface area (Å²) in [5, 5.41) is 4.21. The van der Waals surface area contributed by atoms with Gasteiger partial charge in [-0.25, -0.2) is 9.78 Å². The van der Waals surface area contributed by atoms with Crippen LogP contribution in [0.5, 0.6) is 0 Å². The molecule has 1 aliphatic carbocycles. The van der Waals surface area contributed by atoms with Gasteiger partial charge in [0.25, 0.3) is 0 Å². The van der Waals surface area contributed by atoms with Gasteiger partial charge in [0, 0.05) is 23.2 Å². The number of nitrogens with one attached hydrogen (secondary N) is 1. The van der Waals surface area contributed by atoms with E-state index in [2.05, 4.69) is 87.6 Å². The van der Waals surface area contributed by atoms with Crippen LogP contribution in [0.3, 0.4) is 0 Å². The fourth-order valence-corrected chi connectivity index (χ4v) is 6.46. The number of hydrogen-bond donors (Lipinski definition) is 1. The Bertz CT molecular complexity index is 1140. The number of aromatic nitrogens is 1. The monoisotopic (exact) mass is 519 g/mol. The summed E-state index contributed by atoms with van der Waals surface area (Å²) in [4.78, 5) is 21.9. The molecule has 1 aromatic heterocycles. The van der Waals surface area contributed by atoms with E-state index >= 15 is 0 Å². The number of urea groups is 1. The quantitative estimate of drug-likeness (QED) is 0.292. The molecule has 0 bridgehead atoms. The second-order valence-electron chi connectivity index (χ2n) is 9.59. The third kappa shape index (κ3) is 6.27. The van der Waals surface area contributed by atoms with Gasteiger partial charge >= 0.3 is 6.03 Å². The Morgan fingerprint density at radius 1 is 1.03 bits per heavy atom. The number of carbonyl (C=O) groups excluding carboxylic acids is 1. The van der Waals surface area contributed by atoms with Gasteiger partial charge in [-0.15, -0.1) is 23.5 Å². The Morgan fingerprint density at radius 3 is 2.25 bits per heavy atom. The fourth-order valence-electron chi connectivity index (χ4n) is 4.75. The van der Waals surface area contributed by atoms with Crippen LogP contribution in [0.4, 0.5) is 10.5 Å². The minimum atomic E-state index is -0.0534. The first-order valence-electron chi connectivity index (χ1n) is 12.9. The van der Waals surface area contributed by atoms with Crippen LogP contribution in [0, 0.1) is 6.92 Å². The molecule has 1 heterocycles. The van der Waals surface area contributed by atoms with Crippen molar-refractivity contribution in [2.24, 2.45) is 0 Å². The Kier molecular flexibility index (Phi) is 9.02.